The number of rotatable bonds is 8. The molecule has 0 spiro atoms. The summed E-state index contributed by atoms with van der Waals surface area (Å²) in [7, 11) is -4.16. The van der Waals surface area contributed by atoms with Crippen LogP contribution in [-0.4, -0.2) is 31.4 Å². The SMILES string of the molecule is O=S(=O)(Cc1cscn1)c1ccc(NCc2c(F)ccc(F)c2CN2CCC2)c(F)c1F. The van der Waals surface area contributed by atoms with Crippen molar-refractivity contribution in [2.75, 3.05) is 18.4 Å². The van der Waals surface area contributed by atoms with Crippen molar-refractivity contribution in [3.63, 3.8) is 0 Å². The minimum Gasteiger partial charge on any atom is -0.378 e. The maximum Gasteiger partial charge on any atom is 0.187 e. The van der Waals surface area contributed by atoms with E-state index in [1.165, 1.54) is 22.2 Å². The first-order valence-electron chi connectivity index (χ1n) is 9.76. The van der Waals surface area contributed by atoms with Crippen LogP contribution < -0.4 is 5.32 Å². The molecule has 1 aliphatic heterocycles. The first-order chi connectivity index (χ1) is 15.3. The van der Waals surface area contributed by atoms with Gasteiger partial charge in [0.15, 0.2) is 21.5 Å². The van der Waals surface area contributed by atoms with Gasteiger partial charge < -0.3 is 5.32 Å². The fourth-order valence-corrected chi connectivity index (χ4v) is 5.44. The fraction of sp³-hybridized carbons (Fsp3) is 0.286. The van der Waals surface area contributed by atoms with Crippen molar-refractivity contribution in [1.82, 2.24) is 9.88 Å². The Labute approximate surface area is 186 Å². The molecule has 170 valence electrons. The zero-order chi connectivity index (χ0) is 22.9. The molecule has 4 rings (SSSR count). The molecule has 11 heteroatoms. The lowest BCUT2D eigenvalue weighted by molar-refractivity contribution is 0.169. The summed E-state index contributed by atoms with van der Waals surface area (Å²) in [6.07, 6.45) is 0.979. The number of thiazole rings is 1. The van der Waals surface area contributed by atoms with Gasteiger partial charge in [0, 0.05) is 29.6 Å². The largest absolute Gasteiger partial charge is 0.378 e. The van der Waals surface area contributed by atoms with Gasteiger partial charge >= 0.3 is 0 Å². The van der Waals surface area contributed by atoms with E-state index in [1.807, 2.05) is 4.90 Å². The normalized spacial score (nSPS) is 14.4. The van der Waals surface area contributed by atoms with Crippen molar-refractivity contribution >= 4 is 26.9 Å². The van der Waals surface area contributed by atoms with Crippen molar-refractivity contribution < 1.29 is 26.0 Å². The molecule has 0 aliphatic carbocycles. The Balaban J connectivity index is 1.56. The predicted molar refractivity (Wildman–Crippen MR) is 113 cm³/mol. The molecule has 0 atom stereocenters. The Morgan fingerprint density at radius 3 is 2.34 bits per heavy atom. The number of nitrogens with zero attached hydrogens (tertiary/aromatic N) is 2. The molecular weight excluding hydrogens is 466 g/mol. The highest BCUT2D eigenvalue weighted by Gasteiger charge is 2.26. The van der Waals surface area contributed by atoms with Gasteiger partial charge in [-0.15, -0.1) is 11.3 Å². The average Bonchev–Trinajstić information content (AvgIpc) is 3.21. The second-order valence-corrected chi connectivity index (χ2v) is 10.1. The van der Waals surface area contributed by atoms with Crippen LogP contribution in [0.1, 0.15) is 23.2 Å². The highest BCUT2D eigenvalue weighted by molar-refractivity contribution is 7.90. The van der Waals surface area contributed by atoms with Crippen LogP contribution in [0.5, 0.6) is 0 Å². The smallest absolute Gasteiger partial charge is 0.187 e. The maximum absolute atomic E-state index is 14.6. The molecule has 0 unspecified atom stereocenters. The molecule has 1 N–H and O–H groups in total. The maximum atomic E-state index is 14.6. The first-order valence-corrected chi connectivity index (χ1v) is 12.4. The summed E-state index contributed by atoms with van der Waals surface area (Å²) in [5, 5.41) is 4.07. The number of likely N-dealkylation sites (tertiary alicyclic amines) is 1. The average molecular weight is 486 g/mol. The molecule has 32 heavy (non-hydrogen) atoms. The predicted octanol–water partition coefficient (Wildman–Crippen LogP) is 4.49. The summed E-state index contributed by atoms with van der Waals surface area (Å²) in [5.74, 6) is -4.76. The van der Waals surface area contributed by atoms with Crippen molar-refractivity contribution in [3.8, 4) is 0 Å². The number of aromatic nitrogens is 1. The Bertz CT molecular complexity index is 1230. The first kappa shape index (κ1) is 22.7. The second-order valence-electron chi connectivity index (χ2n) is 7.45. The number of benzene rings is 2. The van der Waals surface area contributed by atoms with Crippen LogP contribution in [0.2, 0.25) is 0 Å². The van der Waals surface area contributed by atoms with Crippen LogP contribution in [0.4, 0.5) is 23.2 Å². The Kier molecular flexibility index (Phi) is 6.50. The van der Waals surface area contributed by atoms with E-state index >= 15 is 0 Å². The van der Waals surface area contributed by atoms with Crippen molar-refractivity contribution in [1.29, 1.82) is 0 Å². The summed E-state index contributed by atoms with van der Waals surface area (Å²) in [6, 6.07) is 4.04. The van der Waals surface area contributed by atoms with Crippen LogP contribution in [0.15, 0.2) is 40.1 Å². The lowest BCUT2D eigenvalue weighted by Gasteiger charge is -2.31. The van der Waals surface area contributed by atoms with Crippen molar-refractivity contribution in [2.24, 2.45) is 0 Å². The number of hydrogen-bond donors (Lipinski definition) is 1. The van der Waals surface area contributed by atoms with Crippen molar-refractivity contribution in [2.45, 2.75) is 30.2 Å². The summed E-state index contributed by atoms with van der Waals surface area (Å²) < 4.78 is 82.9. The highest BCUT2D eigenvalue weighted by atomic mass is 32.2. The van der Waals surface area contributed by atoms with E-state index in [0.29, 0.717) is 0 Å². The molecule has 1 saturated heterocycles. The molecule has 1 aliphatic rings. The zero-order valence-corrected chi connectivity index (χ0v) is 18.4. The third-order valence-corrected chi connectivity index (χ3v) is 7.60. The quantitative estimate of drug-likeness (QED) is 0.477. The van der Waals surface area contributed by atoms with Crippen LogP contribution in [-0.2, 0) is 28.7 Å². The minimum absolute atomic E-state index is 0.0111. The third kappa shape index (κ3) is 4.64. The van der Waals surface area contributed by atoms with E-state index in [4.69, 9.17) is 0 Å². The molecule has 1 fully saturated rings. The molecule has 2 heterocycles. The molecule has 1 aromatic heterocycles. The molecular formula is C21H19F4N3O2S2. The molecule has 0 radical (unpaired) electrons. The summed E-state index contributed by atoms with van der Waals surface area (Å²) in [4.78, 5) is 5.02. The number of hydrogen-bond acceptors (Lipinski definition) is 6. The van der Waals surface area contributed by atoms with Crippen LogP contribution in [0, 0.1) is 23.3 Å². The third-order valence-electron chi connectivity index (χ3n) is 5.31. The van der Waals surface area contributed by atoms with Gasteiger partial charge in [0.1, 0.15) is 16.5 Å². The standard InChI is InChI=1S/C21H19F4N3O2S2/c22-16-2-3-17(23)15(9-28-6-1-7-28)14(16)8-26-18-4-5-19(21(25)20(18)24)32(29,30)11-13-10-31-12-27-13/h2-5,10,12,26H,1,6-9,11H2. The van der Waals surface area contributed by atoms with E-state index in [1.54, 1.807) is 0 Å². The van der Waals surface area contributed by atoms with E-state index in [2.05, 4.69) is 10.3 Å². The molecule has 0 bridgehead atoms. The van der Waals surface area contributed by atoms with Gasteiger partial charge in [-0.2, -0.15) is 0 Å². The second kappa shape index (κ2) is 9.16. The minimum atomic E-state index is -4.16. The molecule has 2 aromatic carbocycles. The summed E-state index contributed by atoms with van der Waals surface area (Å²) in [6.45, 7) is 1.47. The van der Waals surface area contributed by atoms with Gasteiger partial charge in [-0.05, 0) is 43.8 Å². The lowest BCUT2D eigenvalue weighted by Crippen LogP contribution is -2.37. The van der Waals surface area contributed by atoms with Crippen LogP contribution in [0.3, 0.4) is 0 Å². The van der Waals surface area contributed by atoms with E-state index in [0.717, 1.165) is 43.8 Å². The number of nitrogens with one attached hydrogen (secondary N) is 1. The lowest BCUT2D eigenvalue weighted by atomic mass is 10.0. The van der Waals surface area contributed by atoms with Crippen molar-refractivity contribution in [3.05, 3.63) is 75.2 Å². The molecule has 3 aromatic rings. The highest BCUT2D eigenvalue weighted by Crippen LogP contribution is 2.28. The van der Waals surface area contributed by atoms with Gasteiger partial charge in [-0.25, -0.2) is 31.0 Å². The summed E-state index contributed by atoms with van der Waals surface area (Å²) >= 11 is 1.19. The Morgan fingerprint density at radius 1 is 1.00 bits per heavy atom. The van der Waals surface area contributed by atoms with Gasteiger partial charge in [-0.3, -0.25) is 4.90 Å². The number of sulfone groups is 1. The van der Waals surface area contributed by atoms with Gasteiger partial charge in [0.25, 0.3) is 0 Å². The van der Waals surface area contributed by atoms with Gasteiger partial charge in [0.05, 0.1) is 22.6 Å². The number of halogens is 4. The van der Waals surface area contributed by atoms with E-state index in [9.17, 15) is 26.0 Å². The van der Waals surface area contributed by atoms with Gasteiger partial charge in [0.2, 0.25) is 0 Å². The summed E-state index contributed by atoms with van der Waals surface area (Å²) in [5.41, 5.74) is 1.48. The molecule has 0 saturated carbocycles. The monoisotopic (exact) mass is 485 g/mol. The van der Waals surface area contributed by atoms with E-state index in [-0.39, 0.29) is 35.6 Å². The molecule has 0 amide bonds. The van der Waals surface area contributed by atoms with Gasteiger partial charge in [-0.1, -0.05) is 0 Å². The van der Waals surface area contributed by atoms with Crippen LogP contribution >= 0.6 is 11.3 Å². The van der Waals surface area contributed by atoms with E-state index < -0.39 is 43.8 Å². The Morgan fingerprint density at radius 2 is 1.72 bits per heavy atom. The Hall–Kier alpha value is -2.50. The zero-order valence-electron chi connectivity index (χ0n) is 16.7. The number of anilines is 1. The van der Waals surface area contributed by atoms with Crippen LogP contribution in [0.25, 0.3) is 0 Å². The molecule has 5 nitrogen and oxygen atoms in total. The fourth-order valence-electron chi connectivity index (χ4n) is 3.43. The topological polar surface area (TPSA) is 62.3 Å².